The molecule has 2 bridgehead atoms. The van der Waals surface area contributed by atoms with Crippen LogP contribution in [-0.4, -0.2) is 42.7 Å². The summed E-state index contributed by atoms with van der Waals surface area (Å²) in [6.45, 7) is 4.37. The van der Waals surface area contributed by atoms with E-state index in [1.165, 1.54) is 22.3 Å². The van der Waals surface area contributed by atoms with Crippen LogP contribution in [0, 0.1) is 0 Å². The third-order valence-corrected chi connectivity index (χ3v) is 9.46. The van der Waals surface area contributed by atoms with Crippen LogP contribution in [0.1, 0.15) is 77.5 Å². The summed E-state index contributed by atoms with van der Waals surface area (Å²) in [6.07, 6.45) is 9.58. The van der Waals surface area contributed by atoms with E-state index in [1.807, 2.05) is 0 Å². The molecule has 0 radical (unpaired) electrons. The molecule has 2 unspecified atom stereocenters. The number of carbonyl (C=O) groups excluding carboxylic acids is 1. The van der Waals surface area contributed by atoms with E-state index in [-0.39, 0.29) is 2.85 Å². The minimum Gasteiger partial charge on any atom is -0.307 e. The number of benzene rings is 1. The average molecular weight is 436 g/mol. The molecule has 2 fully saturated rings. The monoisotopic (exact) mass is 435 g/mol. The van der Waals surface area contributed by atoms with Crippen molar-refractivity contribution in [1.29, 1.82) is 0 Å². The molecule has 168 valence electrons. The number of nitrogens with zero attached hydrogens (tertiary/aromatic N) is 1. The zero-order valence-electron chi connectivity index (χ0n) is 18.0. The number of urea groups is 1. The third-order valence-electron chi connectivity index (χ3n) is 7.73. The number of hydrogen-bond acceptors (Lipinski definition) is 4. The molecule has 2 aliphatic heterocycles. The van der Waals surface area contributed by atoms with Crippen molar-refractivity contribution in [1.82, 2.24) is 9.62 Å². The van der Waals surface area contributed by atoms with Crippen LogP contribution in [0.2, 0.25) is 0 Å². The van der Waals surface area contributed by atoms with E-state index in [1.54, 1.807) is 0 Å². The van der Waals surface area contributed by atoms with Crippen molar-refractivity contribution < 1.29 is 16.1 Å². The second kappa shape index (κ2) is 7.52. The van der Waals surface area contributed by atoms with Crippen molar-refractivity contribution in [2.45, 2.75) is 101 Å². The number of piperidine rings is 1. The number of carbonyl (C=O) groups is 1. The summed E-state index contributed by atoms with van der Waals surface area (Å²) in [5.41, 5.74) is 5.97. The van der Waals surface area contributed by atoms with Gasteiger partial charge in [0.05, 0.1) is 5.25 Å². The maximum atomic E-state index is 13.1. The number of aryl methyl sites for hydroxylation is 2. The first kappa shape index (κ1) is 20.3. The zero-order valence-corrected chi connectivity index (χ0v) is 18.9. The van der Waals surface area contributed by atoms with Crippen LogP contribution < -0.4 is 10.0 Å². The average Bonchev–Trinajstić information content (AvgIpc) is 3.38. The van der Waals surface area contributed by atoms with Gasteiger partial charge in [0, 0.05) is 26.7 Å². The molecule has 7 heteroatoms. The minimum atomic E-state index is -3.69. The molecular formula is C23H37N3O3S. The topological polar surface area (TPSA) is 78.5 Å². The van der Waals surface area contributed by atoms with Gasteiger partial charge in [0.15, 0.2) is 0 Å². The van der Waals surface area contributed by atoms with Crippen LogP contribution in [-0.2, 0) is 35.7 Å². The molecule has 2 N–H and O–H groups in total. The van der Waals surface area contributed by atoms with Crippen molar-refractivity contribution >= 4 is 21.7 Å². The van der Waals surface area contributed by atoms with Gasteiger partial charge in [0.1, 0.15) is 0 Å². The molecule has 6 nitrogen and oxygen atoms in total. The van der Waals surface area contributed by atoms with E-state index in [0.717, 1.165) is 57.1 Å². The van der Waals surface area contributed by atoms with Crippen molar-refractivity contribution in [3.8, 4) is 0 Å². The maximum absolute atomic E-state index is 13.1. The van der Waals surface area contributed by atoms with Gasteiger partial charge >= 0.3 is 6.03 Å². The molecule has 0 aromatic heterocycles. The van der Waals surface area contributed by atoms with Gasteiger partial charge in [-0.3, -0.25) is 4.90 Å². The SMILES string of the molecule is CC(C)N1C2CC[C@H]1CC(S(=O)(=O)NC(=O)Nc1c3c(cc4c1CCC4)CCC3)C2.[HH].[HH]. The molecular weight excluding hydrogens is 398 g/mol. The number of rotatable bonds is 4. The lowest BCUT2D eigenvalue weighted by atomic mass is 9.99. The quantitative estimate of drug-likeness (QED) is 0.749. The van der Waals surface area contributed by atoms with Crippen LogP contribution in [0.5, 0.6) is 0 Å². The van der Waals surface area contributed by atoms with E-state index in [0.29, 0.717) is 31.0 Å². The second-order valence-electron chi connectivity index (χ2n) is 9.85. The lowest BCUT2D eigenvalue weighted by Crippen LogP contribution is -2.52. The number of amides is 2. The third kappa shape index (κ3) is 3.44. The normalized spacial score (nSPS) is 27.9. The zero-order chi connectivity index (χ0) is 21.0. The highest BCUT2D eigenvalue weighted by Crippen LogP contribution is 2.40. The van der Waals surface area contributed by atoms with Crippen LogP contribution in [0.3, 0.4) is 0 Å². The molecule has 1 aromatic carbocycles. The largest absolute Gasteiger partial charge is 0.332 e. The molecule has 0 spiro atoms. The van der Waals surface area contributed by atoms with E-state index >= 15 is 0 Å². The Balaban J connectivity index is 0.00000144. The number of sulfonamides is 1. The molecule has 3 atom stereocenters. The Morgan fingerprint density at radius 3 is 2.13 bits per heavy atom. The number of anilines is 1. The van der Waals surface area contributed by atoms with Crippen LogP contribution >= 0.6 is 0 Å². The summed E-state index contributed by atoms with van der Waals surface area (Å²) >= 11 is 0. The van der Waals surface area contributed by atoms with Crippen LogP contribution in [0.25, 0.3) is 0 Å². The first-order chi connectivity index (χ1) is 14.3. The standard InChI is InChI=1S/C23H33N3O3S.2H2/c1-14(2)26-17-9-10-18(26)13-19(12-17)30(28,29)25-23(27)24-22-20-7-3-5-15(20)11-16-6-4-8-21(16)22;;/h11,14,17-19H,3-10,12-13H2,1-2H3,(H2,24,25,27);2*1H/t17-,18?,19?;;/m0../s1. The van der Waals surface area contributed by atoms with Gasteiger partial charge in [-0.1, -0.05) is 6.07 Å². The van der Waals surface area contributed by atoms with Crippen molar-refractivity contribution in [2.24, 2.45) is 0 Å². The summed E-state index contributed by atoms with van der Waals surface area (Å²) in [5.74, 6) is 0. The predicted molar refractivity (Wildman–Crippen MR) is 123 cm³/mol. The fourth-order valence-corrected chi connectivity index (χ4v) is 8.01. The van der Waals surface area contributed by atoms with Gasteiger partial charge in [-0.15, -0.1) is 0 Å². The van der Waals surface area contributed by atoms with Crippen LogP contribution in [0.4, 0.5) is 10.5 Å². The smallest absolute Gasteiger partial charge is 0.307 e. The van der Waals surface area contributed by atoms with E-state index in [2.05, 4.69) is 34.9 Å². The fourth-order valence-electron chi connectivity index (χ4n) is 6.58. The van der Waals surface area contributed by atoms with Gasteiger partial charge in [-0.2, -0.15) is 0 Å². The van der Waals surface area contributed by atoms with Gasteiger partial charge in [0.2, 0.25) is 10.0 Å². The Labute approximate surface area is 182 Å². The molecule has 2 saturated heterocycles. The molecule has 2 aliphatic carbocycles. The van der Waals surface area contributed by atoms with Gasteiger partial charge in [-0.05, 0) is 100 Å². The highest BCUT2D eigenvalue weighted by atomic mass is 32.2. The fraction of sp³-hybridized carbons (Fsp3) is 0.696. The minimum absolute atomic E-state index is 0. The van der Waals surface area contributed by atoms with E-state index in [9.17, 15) is 13.2 Å². The number of hydrogen-bond donors (Lipinski definition) is 2. The Bertz CT molecular complexity index is 937. The number of fused-ring (bicyclic) bond motifs is 4. The lowest BCUT2D eigenvalue weighted by molar-refractivity contribution is 0.105. The Morgan fingerprint density at radius 1 is 1.03 bits per heavy atom. The predicted octanol–water partition coefficient (Wildman–Crippen LogP) is 4.01. The molecule has 0 saturated carbocycles. The summed E-state index contributed by atoms with van der Waals surface area (Å²) < 4.78 is 28.5. The first-order valence-electron chi connectivity index (χ1n) is 11.6. The van der Waals surface area contributed by atoms with E-state index in [4.69, 9.17) is 0 Å². The Kier molecular flexibility index (Phi) is 5.09. The lowest BCUT2D eigenvalue weighted by Gasteiger charge is -2.41. The Hall–Kier alpha value is -1.60. The van der Waals surface area contributed by atoms with Crippen molar-refractivity contribution in [2.75, 3.05) is 5.32 Å². The molecule has 4 aliphatic rings. The summed E-state index contributed by atoms with van der Waals surface area (Å²) in [4.78, 5) is 15.3. The van der Waals surface area contributed by atoms with E-state index < -0.39 is 21.3 Å². The highest BCUT2D eigenvalue weighted by molar-refractivity contribution is 7.90. The van der Waals surface area contributed by atoms with Gasteiger partial charge < -0.3 is 5.32 Å². The van der Waals surface area contributed by atoms with Gasteiger partial charge in [-0.25, -0.2) is 17.9 Å². The summed E-state index contributed by atoms with van der Waals surface area (Å²) in [5, 5.41) is 2.48. The summed E-state index contributed by atoms with van der Waals surface area (Å²) in [6, 6.07) is 2.78. The highest BCUT2D eigenvalue weighted by Gasteiger charge is 2.46. The number of nitrogens with one attached hydrogen (secondary N) is 2. The molecule has 2 heterocycles. The van der Waals surface area contributed by atoms with Gasteiger partial charge in [0.25, 0.3) is 0 Å². The van der Waals surface area contributed by atoms with Crippen LogP contribution in [0.15, 0.2) is 6.07 Å². The van der Waals surface area contributed by atoms with Crippen molar-refractivity contribution in [3.05, 3.63) is 28.3 Å². The first-order valence-corrected chi connectivity index (χ1v) is 13.1. The molecule has 30 heavy (non-hydrogen) atoms. The molecule has 5 rings (SSSR count). The second-order valence-corrected chi connectivity index (χ2v) is 11.8. The molecule has 2 amide bonds. The Morgan fingerprint density at radius 2 is 1.60 bits per heavy atom. The summed E-state index contributed by atoms with van der Waals surface area (Å²) in [7, 11) is -3.69. The maximum Gasteiger partial charge on any atom is 0.332 e. The molecule has 1 aromatic rings. The van der Waals surface area contributed by atoms with Crippen molar-refractivity contribution in [3.63, 3.8) is 0 Å².